The zero-order valence-corrected chi connectivity index (χ0v) is 19.5. The monoisotopic (exact) mass is 478 g/mol. The topological polar surface area (TPSA) is 70.1 Å². The van der Waals surface area contributed by atoms with E-state index in [0.717, 1.165) is 16.7 Å². The molecule has 1 aliphatic heterocycles. The summed E-state index contributed by atoms with van der Waals surface area (Å²) in [5.74, 6) is -0.991. The normalized spacial score (nSPS) is 15.0. The van der Waals surface area contributed by atoms with Gasteiger partial charge in [-0.3, -0.25) is 9.69 Å². The summed E-state index contributed by atoms with van der Waals surface area (Å²) in [5.41, 5.74) is 2.99. The minimum atomic E-state index is -0.973. The van der Waals surface area contributed by atoms with Gasteiger partial charge in [-0.2, -0.15) is 0 Å². The lowest BCUT2D eigenvalue weighted by molar-refractivity contribution is -0.140. The van der Waals surface area contributed by atoms with E-state index in [-0.39, 0.29) is 11.5 Å². The predicted molar refractivity (Wildman–Crippen MR) is 131 cm³/mol. The lowest BCUT2D eigenvalue weighted by Gasteiger charge is -2.37. The second kappa shape index (κ2) is 11.3. The Kier molecular flexibility index (Phi) is 7.95. The van der Waals surface area contributed by atoms with Crippen LogP contribution in [0.5, 0.6) is 0 Å². The molecule has 1 atom stereocenters. The first-order valence-electron chi connectivity index (χ1n) is 11.2. The molecular formula is C27H27ClN2O4. The molecule has 0 radical (unpaired) electrons. The lowest BCUT2D eigenvalue weighted by Crippen LogP contribution is -2.46. The zero-order valence-electron chi connectivity index (χ0n) is 18.8. The number of benzene rings is 3. The minimum Gasteiger partial charge on any atom is -0.478 e. The molecule has 1 aliphatic rings. The van der Waals surface area contributed by atoms with Gasteiger partial charge in [0, 0.05) is 31.2 Å². The molecule has 1 fully saturated rings. The van der Waals surface area contributed by atoms with Crippen molar-refractivity contribution in [3.63, 3.8) is 0 Å². The molecule has 1 amide bonds. The Balaban J connectivity index is 1.66. The summed E-state index contributed by atoms with van der Waals surface area (Å²) >= 11 is 6.12. The molecule has 0 unspecified atom stereocenters. The Morgan fingerprint density at radius 1 is 0.882 bits per heavy atom. The summed E-state index contributed by atoms with van der Waals surface area (Å²) in [6, 6.07) is 23.5. The summed E-state index contributed by atoms with van der Waals surface area (Å²) < 4.78 is 5.53. The van der Waals surface area contributed by atoms with Crippen LogP contribution in [0.2, 0.25) is 5.02 Å². The fraction of sp³-hybridized carbons (Fsp3) is 0.259. The summed E-state index contributed by atoms with van der Waals surface area (Å²) in [6.07, 6.45) is 0. The number of ether oxygens (including phenoxy) is 1. The van der Waals surface area contributed by atoms with E-state index in [4.69, 9.17) is 16.3 Å². The molecule has 3 aromatic carbocycles. The quantitative estimate of drug-likeness (QED) is 0.510. The van der Waals surface area contributed by atoms with Crippen LogP contribution < -0.4 is 0 Å². The molecule has 0 bridgehead atoms. The number of carbonyl (C=O) groups excluding carboxylic acids is 1. The number of nitrogens with zero attached hydrogens (tertiary/aromatic N) is 2. The number of hydrogen-bond acceptors (Lipinski definition) is 4. The van der Waals surface area contributed by atoms with Gasteiger partial charge in [-0.1, -0.05) is 66.2 Å². The first-order valence-corrected chi connectivity index (χ1v) is 11.6. The van der Waals surface area contributed by atoms with Crippen molar-refractivity contribution in [3.8, 4) is 0 Å². The van der Waals surface area contributed by atoms with Crippen LogP contribution in [0.25, 0.3) is 0 Å². The molecule has 7 heteroatoms. The van der Waals surface area contributed by atoms with Gasteiger partial charge >= 0.3 is 5.97 Å². The molecule has 1 saturated heterocycles. The van der Waals surface area contributed by atoms with E-state index in [1.807, 2.05) is 59.5 Å². The zero-order chi connectivity index (χ0) is 23.9. The highest BCUT2D eigenvalue weighted by atomic mass is 35.5. The van der Waals surface area contributed by atoms with E-state index in [1.165, 1.54) is 0 Å². The molecule has 0 saturated carbocycles. The third-order valence-corrected chi connectivity index (χ3v) is 6.18. The van der Waals surface area contributed by atoms with Crippen LogP contribution in [0.1, 0.15) is 33.1 Å². The SMILES string of the molecule is O=C(O)c1ccc(CN(Cc2ccccc2)C(=O)[C@H](c2ccc(Cl)cc2)N2CCOCC2)cc1. The molecule has 34 heavy (non-hydrogen) atoms. The largest absolute Gasteiger partial charge is 0.478 e. The van der Waals surface area contributed by atoms with Crippen molar-refractivity contribution in [2.24, 2.45) is 0 Å². The average molecular weight is 479 g/mol. The average Bonchev–Trinajstić information content (AvgIpc) is 2.86. The number of amides is 1. The minimum absolute atomic E-state index is 0.0182. The molecule has 176 valence electrons. The van der Waals surface area contributed by atoms with Crippen molar-refractivity contribution in [3.05, 3.63) is 106 Å². The third-order valence-electron chi connectivity index (χ3n) is 5.93. The van der Waals surface area contributed by atoms with Gasteiger partial charge in [-0.15, -0.1) is 0 Å². The van der Waals surface area contributed by atoms with Gasteiger partial charge in [0.15, 0.2) is 0 Å². The van der Waals surface area contributed by atoms with E-state index in [1.54, 1.807) is 24.3 Å². The number of aromatic carboxylic acids is 1. The number of morpholine rings is 1. The molecule has 0 aromatic heterocycles. The van der Waals surface area contributed by atoms with Crippen LogP contribution in [0, 0.1) is 0 Å². The highest BCUT2D eigenvalue weighted by molar-refractivity contribution is 6.30. The fourth-order valence-corrected chi connectivity index (χ4v) is 4.28. The fourth-order valence-electron chi connectivity index (χ4n) is 4.15. The first kappa shape index (κ1) is 24.0. The van der Waals surface area contributed by atoms with Gasteiger partial charge in [0.25, 0.3) is 0 Å². The Morgan fingerprint density at radius 3 is 2.06 bits per heavy atom. The predicted octanol–water partition coefficient (Wildman–Crippen LogP) is 4.64. The first-order chi connectivity index (χ1) is 16.5. The Bertz CT molecular complexity index is 1100. The maximum absolute atomic E-state index is 14.1. The second-order valence-electron chi connectivity index (χ2n) is 8.28. The second-order valence-corrected chi connectivity index (χ2v) is 8.72. The van der Waals surface area contributed by atoms with Crippen LogP contribution in [-0.2, 0) is 22.6 Å². The Hall–Kier alpha value is -3.19. The number of hydrogen-bond donors (Lipinski definition) is 1. The standard InChI is InChI=1S/C27H27ClN2O4/c28-24-12-10-22(11-13-24)25(29-14-16-34-17-15-29)26(31)30(18-20-4-2-1-3-5-20)19-21-6-8-23(9-7-21)27(32)33/h1-13,25H,14-19H2,(H,32,33)/t25-/m0/s1. The van der Waals surface area contributed by atoms with Crippen molar-refractivity contribution in [1.82, 2.24) is 9.80 Å². The summed E-state index contributed by atoms with van der Waals surface area (Å²) in [4.78, 5) is 29.4. The molecule has 3 aromatic rings. The number of carboxylic acids is 1. The van der Waals surface area contributed by atoms with Crippen molar-refractivity contribution in [1.29, 1.82) is 0 Å². The van der Waals surface area contributed by atoms with Crippen LogP contribution in [0.15, 0.2) is 78.9 Å². The highest BCUT2D eigenvalue weighted by Crippen LogP contribution is 2.27. The van der Waals surface area contributed by atoms with Crippen molar-refractivity contribution in [2.75, 3.05) is 26.3 Å². The molecule has 1 N–H and O–H groups in total. The summed E-state index contributed by atoms with van der Waals surface area (Å²) in [7, 11) is 0. The van der Waals surface area contributed by atoms with E-state index < -0.39 is 12.0 Å². The number of carbonyl (C=O) groups is 2. The van der Waals surface area contributed by atoms with Gasteiger partial charge in [0.2, 0.25) is 5.91 Å². The number of halogens is 1. The highest BCUT2D eigenvalue weighted by Gasteiger charge is 2.32. The summed E-state index contributed by atoms with van der Waals surface area (Å²) in [5, 5.41) is 9.84. The molecule has 6 nitrogen and oxygen atoms in total. The Morgan fingerprint density at radius 2 is 1.47 bits per heavy atom. The number of carboxylic acid groups (broad SMARTS) is 1. The van der Waals surface area contributed by atoms with Crippen molar-refractivity contribution < 1.29 is 19.4 Å². The van der Waals surface area contributed by atoms with E-state index in [2.05, 4.69) is 4.90 Å². The maximum Gasteiger partial charge on any atom is 0.335 e. The summed E-state index contributed by atoms with van der Waals surface area (Å²) in [6.45, 7) is 3.27. The van der Waals surface area contributed by atoms with E-state index >= 15 is 0 Å². The van der Waals surface area contributed by atoms with Crippen LogP contribution in [0.4, 0.5) is 0 Å². The van der Waals surface area contributed by atoms with Gasteiger partial charge in [0.1, 0.15) is 6.04 Å². The maximum atomic E-state index is 14.1. The van der Waals surface area contributed by atoms with Crippen LogP contribution in [0.3, 0.4) is 0 Å². The molecule has 1 heterocycles. The smallest absolute Gasteiger partial charge is 0.335 e. The van der Waals surface area contributed by atoms with Crippen molar-refractivity contribution >= 4 is 23.5 Å². The van der Waals surface area contributed by atoms with E-state index in [9.17, 15) is 14.7 Å². The third kappa shape index (κ3) is 6.03. The number of rotatable bonds is 8. The molecule has 0 aliphatic carbocycles. The molecule has 0 spiro atoms. The van der Waals surface area contributed by atoms with Crippen LogP contribution in [-0.4, -0.2) is 53.1 Å². The van der Waals surface area contributed by atoms with E-state index in [0.29, 0.717) is 44.4 Å². The molecule has 4 rings (SSSR count). The van der Waals surface area contributed by atoms with Crippen LogP contribution >= 0.6 is 11.6 Å². The molecular weight excluding hydrogens is 452 g/mol. The van der Waals surface area contributed by atoms with Gasteiger partial charge in [-0.05, 0) is 41.0 Å². The lowest BCUT2D eigenvalue weighted by atomic mass is 10.0. The van der Waals surface area contributed by atoms with Crippen molar-refractivity contribution in [2.45, 2.75) is 19.1 Å². The van der Waals surface area contributed by atoms with Gasteiger partial charge in [0.05, 0.1) is 18.8 Å². The van der Waals surface area contributed by atoms with Gasteiger partial charge in [-0.25, -0.2) is 4.79 Å². The Labute approximate surface area is 204 Å². The van der Waals surface area contributed by atoms with Gasteiger partial charge < -0.3 is 14.7 Å².